The molecule has 0 aromatic heterocycles. The molecule has 2 N–H and O–H groups in total. The zero-order valence-electron chi connectivity index (χ0n) is 13.2. The van der Waals surface area contributed by atoms with Crippen LogP contribution in [0.3, 0.4) is 0 Å². The third-order valence-electron chi connectivity index (χ3n) is 3.22. The molecule has 0 spiro atoms. The Bertz CT molecular complexity index is 396. The summed E-state index contributed by atoms with van der Waals surface area (Å²) in [5.74, 6) is 1.43. The van der Waals surface area contributed by atoms with Crippen molar-refractivity contribution in [1.82, 2.24) is 5.32 Å². The van der Waals surface area contributed by atoms with Gasteiger partial charge in [0.05, 0.1) is 11.6 Å². The lowest BCUT2D eigenvalue weighted by Crippen LogP contribution is -2.19. The van der Waals surface area contributed by atoms with Gasteiger partial charge in [0.15, 0.2) is 0 Å². The number of ether oxygens (including phenoxy) is 1. The molecular formula is C17H28ClNO2. The number of hydrogen-bond acceptors (Lipinski definition) is 3. The Kier molecular flexibility index (Phi) is 9.48. The van der Waals surface area contributed by atoms with Crippen molar-refractivity contribution in [2.45, 2.75) is 46.1 Å². The molecule has 0 saturated carbocycles. The van der Waals surface area contributed by atoms with E-state index in [0.717, 1.165) is 50.1 Å². The molecule has 0 radical (unpaired) electrons. The van der Waals surface area contributed by atoms with Gasteiger partial charge in [-0.2, -0.15) is 0 Å². The Morgan fingerprint density at radius 3 is 2.67 bits per heavy atom. The van der Waals surface area contributed by atoms with Gasteiger partial charge >= 0.3 is 0 Å². The van der Waals surface area contributed by atoms with Crippen molar-refractivity contribution < 1.29 is 9.84 Å². The van der Waals surface area contributed by atoms with Crippen molar-refractivity contribution in [1.29, 1.82) is 0 Å². The molecule has 0 heterocycles. The van der Waals surface area contributed by atoms with Crippen LogP contribution in [-0.4, -0.2) is 24.9 Å². The number of halogens is 1. The molecule has 0 saturated heterocycles. The number of hydrogen-bond donors (Lipinski definition) is 2. The van der Waals surface area contributed by atoms with E-state index < -0.39 is 0 Å². The number of aliphatic hydroxyl groups excluding tert-OH is 1. The number of nitrogens with one attached hydrogen (secondary N) is 1. The maximum atomic E-state index is 8.74. The zero-order chi connectivity index (χ0) is 15.5. The number of rotatable bonds is 11. The van der Waals surface area contributed by atoms with Crippen LogP contribution in [-0.2, 0) is 6.54 Å². The largest absolute Gasteiger partial charge is 0.492 e. The van der Waals surface area contributed by atoms with Gasteiger partial charge in [-0.3, -0.25) is 0 Å². The summed E-state index contributed by atoms with van der Waals surface area (Å²) >= 11 is 6.25. The van der Waals surface area contributed by atoms with Gasteiger partial charge in [0.25, 0.3) is 0 Å². The van der Waals surface area contributed by atoms with E-state index in [0.29, 0.717) is 17.5 Å². The maximum absolute atomic E-state index is 8.74. The second-order valence-electron chi connectivity index (χ2n) is 5.74. The normalized spacial score (nSPS) is 11.1. The van der Waals surface area contributed by atoms with E-state index in [2.05, 4.69) is 25.2 Å². The van der Waals surface area contributed by atoms with Crippen LogP contribution in [0, 0.1) is 5.92 Å². The molecule has 21 heavy (non-hydrogen) atoms. The summed E-state index contributed by atoms with van der Waals surface area (Å²) in [4.78, 5) is 0. The molecular weight excluding hydrogens is 286 g/mol. The second-order valence-corrected chi connectivity index (χ2v) is 6.15. The van der Waals surface area contributed by atoms with Gasteiger partial charge in [-0.25, -0.2) is 0 Å². The quantitative estimate of drug-likeness (QED) is 0.606. The summed E-state index contributed by atoms with van der Waals surface area (Å²) in [5.41, 5.74) is 1.11. The van der Waals surface area contributed by atoms with Gasteiger partial charge in [0, 0.05) is 18.7 Å². The molecule has 1 aromatic carbocycles. The van der Waals surface area contributed by atoms with Gasteiger partial charge in [0.1, 0.15) is 5.75 Å². The third-order valence-corrected chi connectivity index (χ3v) is 3.51. The van der Waals surface area contributed by atoms with E-state index in [-0.39, 0.29) is 6.61 Å². The molecule has 4 heteroatoms. The van der Waals surface area contributed by atoms with Crippen molar-refractivity contribution in [2.24, 2.45) is 5.92 Å². The van der Waals surface area contributed by atoms with Crippen molar-refractivity contribution in [3.8, 4) is 5.75 Å². The summed E-state index contributed by atoms with van der Waals surface area (Å²) < 4.78 is 5.87. The highest BCUT2D eigenvalue weighted by Crippen LogP contribution is 2.29. The Labute approximate surface area is 133 Å². The highest BCUT2D eigenvalue weighted by molar-refractivity contribution is 6.32. The second kappa shape index (κ2) is 10.9. The lowest BCUT2D eigenvalue weighted by Gasteiger charge is -2.14. The SMILES string of the molecule is CC(C)CNCc1cccc(Cl)c1OCCCCCCO. The van der Waals surface area contributed by atoms with Crippen LogP contribution in [0.25, 0.3) is 0 Å². The first-order chi connectivity index (χ1) is 10.1. The van der Waals surface area contributed by atoms with Gasteiger partial charge < -0.3 is 15.2 Å². The number of para-hydroxylation sites is 1. The topological polar surface area (TPSA) is 41.5 Å². The van der Waals surface area contributed by atoms with Gasteiger partial charge in [0.2, 0.25) is 0 Å². The van der Waals surface area contributed by atoms with Crippen molar-refractivity contribution in [3.63, 3.8) is 0 Å². The van der Waals surface area contributed by atoms with E-state index in [1.807, 2.05) is 12.1 Å². The van der Waals surface area contributed by atoms with Crippen LogP contribution in [0.5, 0.6) is 5.75 Å². The Morgan fingerprint density at radius 2 is 1.95 bits per heavy atom. The average molecular weight is 314 g/mol. The van der Waals surface area contributed by atoms with Crippen LogP contribution in [0.1, 0.15) is 45.1 Å². The fourth-order valence-corrected chi connectivity index (χ4v) is 2.34. The van der Waals surface area contributed by atoms with E-state index >= 15 is 0 Å². The standard InChI is InChI=1S/C17H28ClNO2/c1-14(2)12-19-13-15-8-7-9-16(18)17(15)21-11-6-4-3-5-10-20/h7-9,14,19-20H,3-6,10-13H2,1-2H3. The highest BCUT2D eigenvalue weighted by Gasteiger charge is 2.08. The van der Waals surface area contributed by atoms with Crippen LogP contribution < -0.4 is 10.1 Å². The molecule has 0 bridgehead atoms. The first-order valence-electron chi connectivity index (χ1n) is 7.87. The van der Waals surface area contributed by atoms with E-state index in [1.54, 1.807) is 0 Å². The molecule has 1 aromatic rings. The first kappa shape index (κ1) is 18.3. The minimum atomic E-state index is 0.275. The fourth-order valence-electron chi connectivity index (χ4n) is 2.09. The molecule has 0 aliphatic rings. The smallest absolute Gasteiger partial charge is 0.142 e. The molecule has 120 valence electrons. The highest BCUT2D eigenvalue weighted by atomic mass is 35.5. The summed E-state index contributed by atoms with van der Waals surface area (Å²) in [6, 6.07) is 5.89. The lowest BCUT2D eigenvalue weighted by atomic mass is 10.1. The summed E-state index contributed by atoms with van der Waals surface area (Å²) in [6.07, 6.45) is 3.98. The van der Waals surface area contributed by atoms with Crippen molar-refractivity contribution in [2.75, 3.05) is 19.8 Å². The monoisotopic (exact) mass is 313 g/mol. The number of unbranched alkanes of at least 4 members (excludes halogenated alkanes) is 3. The molecule has 0 aliphatic carbocycles. The van der Waals surface area contributed by atoms with E-state index in [9.17, 15) is 0 Å². The molecule has 0 atom stereocenters. The van der Waals surface area contributed by atoms with Crippen molar-refractivity contribution >= 4 is 11.6 Å². The van der Waals surface area contributed by atoms with Crippen molar-refractivity contribution in [3.05, 3.63) is 28.8 Å². The van der Waals surface area contributed by atoms with Crippen LogP contribution in [0.2, 0.25) is 5.02 Å². The number of benzene rings is 1. The fraction of sp³-hybridized carbons (Fsp3) is 0.647. The molecule has 3 nitrogen and oxygen atoms in total. The molecule has 1 rings (SSSR count). The van der Waals surface area contributed by atoms with Crippen LogP contribution in [0.4, 0.5) is 0 Å². The maximum Gasteiger partial charge on any atom is 0.142 e. The zero-order valence-corrected chi connectivity index (χ0v) is 14.0. The summed E-state index contributed by atoms with van der Waals surface area (Å²) in [7, 11) is 0. The third kappa shape index (κ3) is 7.70. The Balaban J connectivity index is 2.43. The van der Waals surface area contributed by atoms with Gasteiger partial charge in [-0.05, 0) is 37.8 Å². The Hall–Kier alpha value is -0.770. The first-order valence-corrected chi connectivity index (χ1v) is 8.24. The van der Waals surface area contributed by atoms with E-state index in [4.69, 9.17) is 21.4 Å². The average Bonchev–Trinajstić information content (AvgIpc) is 2.44. The minimum Gasteiger partial charge on any atom is -0.492 e. The summed E-state index contributed by atoms with van der Waals surface area (Å²) in [5, 5.41) is 12.8. The van der Waals surface area contributed by atoms with Gasteiger partial charge in [-0.1, -0.05) is 44.0 Å². The Morgan fingerprint density at radius 1 is 1.19 bits per heavy atom. The molecule has 0 unspecified atom stereocenters. The number of aliphatic hydroxyl groups is 1. The van der Waals surface area contributed by atoms with E-state index in [1.165, 1.54) is 0 Å². The minimum absolute atomic E-state index is 0.275. The predicted molar refractivity (Wildman–Crippen MR) is 89.0 cm³/mol. The lowest BCUT2D eigenvalue weighted by molar-refractivity contribution is 0.272. The molecule has 0 fully saturated rings. The van der Waals surface area contributed by atoms with Crippen LogP contribution in [0.15, 0.2) is 18.2 Å². The van der Waals surface area contributed by atoms with Crippen LogP contribution >= 0.6 is 11.6 Å². The predicted octanol–water partition coefficient (Wildman–Crippen LogP) is 4.02. The van der Waals surface area contributed by atoms with Gasteiger partial charge in [-0.15, -0.1) is 0 Å². The summed E-state index contributed by atoms with van der Waals surface area (Å²) in [6.45, 7) is 7.08. The molecule has 0 aliphatic heterocycles. The molecule has 0 amide bonds.